The smallest absolute Gasteiger partial charge is 0.0798 e. The van der Waals surface area contributed by atoms with Gasteiger partial charge in [0.15, 0.2) is 0 Å². The summed E-state index contributed by atoms with van der Waals surface area (Å²) in [5.74, 6) is 0.788. The molecule has 1 aromatic rings. The summed E-state index contributed by atoms with van der Waals surface area (Å²) in [5, 5.41) is 0. The van der Waals surface area contributed by atoms with E-state index in [1.165, 1.54) is 17.7 Å². The van der Waals surface area contributed by atoms with E-state index < -0.39 is 0 Å². The van der Waals surface area contributed by atoms with Gasteiger partial charge in [0.05, 0.1) is 11.2 Å². The van der Waals surface area contributed by atoms with Gasteiger partial charge in [0.25, 0.3) is 0 Å². The van der Waals surface area contributed by atoms with Crippen molar-refractivity contribution in [1.29, 1.82) is 0 Å². The lowest BCUT2D eigenvalue weighted by Gasteiger charge is -2.38. The average Bonchev–Trinajstić information content (AvgIpc) is 3.05. The third-order valence-electron chi connectivity index (χ3n) is 3.97. The van der Waals surface area contributed by atoms with E-state index in [2.05, 4.69) is 30.8 Å². The lowest BCUT2D eigenvalue weighted by atomic mass is 9.94. The van der Waals surface area contributed by atoms with Crippen LogP contribution >= 0.6 is 11.3 Å². The Morgan fingerprint density at radius 2 is 2.31 bits per heavy atom. The molecule has 4 heteroatoms. The van der Waals surface area contributed by atoms with Gasteiger partial charge < -0.3 is 5.73 Å². The number of hydrogen-bond donors (Lipinski definition) is 1. The fourth-order valence-electron chi connectivity index (χ4n) is 2.21. The molecule has 1 aliphatic rings. The molecule has 0 saturated heterocycles. The molecule has 0 aliphatic heterocycles. The van der Waals surface area contributed by atoms with Gasteiger partial charge in [-0.25, -0.2) is 4.98 Å². The van der Waals surface area contributed by atoms with Gasteiger partial charge in [-0.1, -0.05) is 0 Å². The average molecular weight is 239 g/mol. The number of thiazole rings is 1. The third-order valence-corrected chi connectivity index (χ3v) is 4.89. The Balaban J connectivity index is 2.06. The van der Waals surface area contributed by atoms with Gasteiger partial charge in [-0.15, -0.1) is 11.3 Å². The molecule has 1 fully saturated rings. The van der Waals surface area contributed by atoms with Crippen LogP contribution in [0, 0.1) is 12.8 Å². The maximum Gasteiger partial charge on any atom is 0.0798 e. The predicted molar refractivity (Wildman–Crippen MR) is 68.5 cm³/mol. The third kappa shape index (κ3) is 2.14. The van der Waals surface area contributed by atoms with Crippen molar-refractivity contribution in [3.05, 3.63) is 16.1 Å². The molecule has 1 atom stereocenters. The van der Waals surface area contributed by atoms with Gasteiger partial charge in [-0.2, -0.15) is 0 Å². The van der Waals surface area contributed by atoms with Gasteiger partial charge in [0, 0.05) is 23.5 Å². The first-order valence-corrected chi connectivity index (χ1v) is 6.76. The maximum atomic E-state index is 5.96. The lowest BCUT2D eigenvalue weighted by molar-refractivity contribution is 0.113. The molecule has 90 valence electrons. The Kier molecular flexibility index (Phi) is 3.33. The van der Waals surface area contributed by atoms with E-state index in [-0.39, 0.29) is 5.54 Å². The number of hydrogen-bond acceptors (Lipinski definition) is 4. The standard InChI is InChI=1S/C12H21N3S/c1-9-11(16-8-14-9)6-15(3)12(2,7-13)10-4-5-10/h8,10H,4-7,13H2,1-3H3. The number of likely N-dealkylation sites (N-methyl/N-ethyl adjacent to an activating group) is 1. The highest BCUT2D eigenvalue weighted by molar-refractivity contribution is 7.09. The first-order valence-electron chi connectivity index (χ1n) is 5.88. The van der Waals surface area contributed by atoms with Crippen LogP contribution in [0.25, 0.3) is 0 Å². The Hall–Kier alpha value is -0.450. The molecule has 0 radical (unpaired) electrons. The fourth-order valence-corrected chi connectivity index (χ4v) is 3.04. The monoisotopic (exact) mass is 239 g/mol. The van der Waals surface area contributed by atoms with E-state index in [9.17, 15) is 0 Å². The number of nitrogens with zero attached hydrogens (tertiary/aromatic N) is 2. The summed E-state index contributed by atoms with van der Waals surface area (Å²) in [5.41, 5.74) is 9.21. The first-order chi connectivity index (χ1) is 7.58. The summed E-state index contributed by atoms with van der Waals surface area (Å²) in [6.45, 7) is 6.09. The zero-order valence-electron chi connectivity index (χ0n) is 10.4. The van der Waals surface area contributed by atoms with E-state index in [1.54, 1.807) is 11.3 Å². The second kappa shape index (κ2) is 4.43. The van der Waals surface area contributed by atoms with E-state index in [0.29, 0.717) is 0 Å². The van der Waals surface area contributed by atoms with Crippen LogP contribution in [0.5, 0.6) is 0 Å². The zero-order chi connectivity index (χ0) is 11.8. The molecule has 2 N–H and O–H groups in total. The minimum absolute atomic E-state index is 0.163. The summed E-state index contributed by atoms with van der Waals surface area (Å²) in [7, 11) is 2.18. The van der Waals surface area contributed by atoms with Crippen molar-refractivity contribution in [2.24, 2.45) is 11.7 Å². The van der Waals surface area contributed by atoms with Crippen LogP contribution in [-0.2, 0) is 6.54 Å². The highest BCUT2D eigenvalue weighted by Crippen LogP contribution is 2.42. The fraction of sp³-hybridized carbons (Fsp3) is 0.750. The largest absolute Gasteiger partial charge is 0.329 e. The van der Waals surface area contributed by atoms with Crippen LogP contribution in [0.3, 0.4) is 0 Å². The van der Waals surface area contributed by atoms with E-state index in [0.717, 1.165) is 24.7 Å². The van der Waals surface area contributed by atoms with Gasteiger partial charge in [0.1, 0.15) is 0 Å². The number of rotatable bonds is 5. The van der Waals surface area contributed by atoms with E-state index >= 15 is 0 Å². The molecule has 1 saturated carbocycles. The number of aromatic nitrogens is 1. The van der Waals surface area contributed by atoms with E-state index in [4.69, 9.17) is 5.73 Å². The molecule has 1 aromatic heterocycles. The minimum Gasteiger partial charge on any atom is -0.329 e. The SMILES string of the molecule is Cc1ncsc1CN(C)C(C)(CN)C1CC1. The van der Waals surface area contributed by atoms with Gasteiger partial charge in [-0.05, 0) is 39.7 Å². The Morgan fingerprint density at radius 1 is 1.62 bits per heavy atom. The van der Waals surface area contributed by atoms with Crippen LogP contribution in [0.4, 0.5) is 0 Å². The molecule has 1 heterocycles. The van der Waals surface area contributed by atoms with Crippen LogP contribution in [-0.4, -0.2) is 29.0 Å². The van der Waals surface area contributed by atoms with Crippen molar-refractivity contribution in [1.82, 2.24) is 9.88 Å². The lowest BCUT2D eigenvalue weighted by Crippen LogP contribution is -2.51. The minimum atomic E-state index is 0.163. The molecule has 3 nitrogen and oxygen atoms in total. The summed E-state index contributed by atoms with van der Waals surface area (Å²) < 4.78 is 0. The van der Waals surface area contributed by atoms with Crippen LogP contribution in [0.1, 0.15) is 30.3 Å². The van der Waals surface area contributed by atoms with Crippen molar-refractivity contribution in [3.8, 4) is 0 Å². The molecular formula is C12H21N3S. The van der Waals surface area contributed by atoms with Crippen molar-refractivity contribution in [2.45, 2.75) is 38.8 Å². The zero-order valence-corrected chi connectivity index (χ0v) is 11.2. The molecule has 0 spiro atoms. The van der Waals surface area contributed by atoms with Crippen LogP contribution in [0.15, 0.2) is 5.51 Å². The summed E-state index contributed by atoms with van der Waals surface area (Å²) in [6.07, 6.45) is 2.67. The first kappa shape index (κ1) is 12.0. The quantitative estimate of drug-likeness (QED) is 0.854. The maximum absolute atomic E-state index is 5.96. The number of aryl methyl sites for hydroxylation is 1. The normalized spacial score (nSPS) is 20.1. The Labute approximate surface area is 102 Å². The molecular weight excluding hydrogens is 218 g/mol. The molecule has 1 aliphatic carbocycles. The molecule has 0 bridgehead atoms. The highest BCUT2D eigenvalue weighted by atomic mass is 32.1. The number of nitrogens with two attached hydrogens (primary N) is 1. The molecule has 0 aromatic carbocycles. The van der Waals surface area contributed by atoms with Crippen molar-refractivity contribution < 1.29 is 0 Å². The van der Waals surface area contributed by atoms with Crippen molar-refractivity contribution in [3.63, 3.8) is 0 Å². The van der Waals surface area contributed by atoms with Crippen LogP contribution < -0.4 is 5.73 Å². The Bertz CT molecular complexity index is 359. The second-order valence-corrected chi connectivity index (χ2v) is 5.99. The molecule has 0 amide bonds. The van der Waals surface area contributed by atoms with Gasteiger partial charge in [-0.3, -0.25) is 4.90 Å². The van der Waals surface area contributed by atoms with Gasteiger partial charge >= 0.3 is 0 Å². The highest BCUT2D eigenvalue weighted by Gasteiger charge is 2.43. The van der Waals surface area contributed by atoms with Crippen LogP contribution in [0.2, 0.25) is 0 Å². The Morgan fingerprint density at radius 3 is 2.75 bits per heavy atom. The molecule has 16 heavy (non-hydrogen) atoms. The van der Waals surface area contributed by atoms with E-state index in [1.807, 2.05) is 5.51 Å². The van der Waals surface area contributed by atoms with Crippen molar-refractivity contribution in [2.75, 3.05) is 13.6 Å². The summed E-state index contributed by atoms with van der Waals surface area (Å²) >= 11 is 1.74. The molecule has 1 unspecified atom stereocenters. The summed E-state index contributed by atoms with van der Waals surface area (Å²) in [6, 6.07) is 0. The van der Waals surface area contributed by atoms with Gasteiger partial charge in [0.2, 0.25) is 0 Å². The molecule has 2 rings (SSSR count). The van der Waals surface area contributed by atoms with Crippen molar-refractivity contribution >= 4 is 11.3 Å². The predicted octanol–water partition coefficient (Wildman–Crippen LogP) is 2.01. The second-order valence-electron chi connectivity index (χ2n) is 5.05. The summed E-state index contributed by atoms with van der Waals surface area (Å²) in [4.78, 5) is 8.07. The topological polar surface area (TPSA) is 42.2 Å².